The number of esters is 2. The van der Waals surface area contributed by atoms with Gasteiger partial charge in [0.05, 0.1) is 25.3 Å². The minimum atomic E-state index is -0.600. The van der Waals surface area contributed by atoms with E-state index in [0.29, 0.717) is 18.7 Å². The molecule has 1 aliphatic carbocycles. The summed E-state index contributed by atoms with van der Waals surface area (Å²) >= 11 is 0. The molecule has 0 bridgehead atoms. The minimum absolute atomic E-state index is 0.164. The second-order valence-corrected chi connectivity index (χ2v) is 6.77. The Balaban J connectivity index is 2.20. The van der Waals surface area contributed by atoms with Gasteiger partial charge < -0.3 is 20.5 Å². The first-order valence-electron chi connectivity index (χ1n) is 8.75. The number of amides is 1. The van der Waals surface area contributed by atoms with Crippen molar-refractivity contribution >= 4 is 23.5 Å². The van der Waals surface area contributed by atoms with Crippen LogP contribution < -0.4 is 11.1 Å². The van der Waals surface area contributed by atoms with Crippen LogP contribution in [0.5, 0.6) is 0 Å². The number of benzene rings is 1. The van der Waals surface area contributed by atoms with Crippen molar-refractivity contribution in [3.05, 3.63) is 29.3 Å². The van der Waals surface area contributed by atoms with Gasteiger partial charge in [-0.25, -0.2) is 9.59 Å². The Labute approximate surface area is 153 Å². The van der Waals surface area contributed by atoms with Gasteiger partial charge in [0, 0.05) is 12.1 Å². The fourth-order valence-corrected chi connectivity index (χ4v) is 3.47. The molecule has 0 unspecified atom stereocenters. The Bertz CT molecular complexity index is 646. The zero-order valence-electron chi connectivity index (χ0n) is 15.3. The average molecular weight is 362 g/mol. The maximum atomic E-state index is 12.5. The number of anilines is 1. The first-order valence-corrected chi connectivity index (χ1v) is 8.75. The predicted octanol–water partition coefficient (Wildman–Crippen LogP) is 2.50. The van der Waals surface area contributed by atoms with Crippen LogP contribution in [0.1, 0.15) is 59.2 Å². The van der Waals surface area contributed by atoms with Gasteiger partial charge >= 0.3 is 11.9 Å². The monoisotopic (exact) mass is 362 g/mol. The molecular formula is C19H26N2O5. The number of ether oxygens (including phenoxy) is 2. The number of carbonyl (C=O) groups is 3. The number of hydrogen-bond acceptors (Lipinski definition) is 6. The SMILES string of the molecule is COC(=O)c1cc(NC(=O)CC2(CN)CCCCC2)cc(C(=O)OC)c1. The van der Waals surface area contributed by atoms with Crippen molar-refractivity contribution in [1.29, 1.82) is 0 Å². The topological polar surface area (TPSA) is 108 Å². The van der Waals surface area contributed by atoms with Gasteiger partial charge in [-0.15, -0.1) is 0 Å². The third-order valence-electron chi connectivity index (χ3n) is 4.94. The van der Waals surface area contributed by atoms with E-state index in [1.807, 2.05) is 0 Å². The second kappa shape index (κ2) is 8.80. The van der Waals surface area contributed by atoms with Crippen molar-refractivity contribution in [2.45, 2.75) is 38.5 Å². The van der Waals surface area contributed by atoms with Crippen LogP contribution in [0.3, 0.4) is 0 Å². The molecule has 7 heteroatoms. The molecule has 0 heterocycles. The zero-order valence-corrected chi connectivity index (χ0v) is 15.3. The Hall–Kier alpha value is -2.41. The lowest BCUT2D eigenvalue weighted by atomic mass is 9.71. The molecule has 0 saturated heterocycles. The highest BCUT2D eigenvalue weighted by Crippen LogP contribution is 2.38. The lowest BCUT2D eigenvalue weighted by Gasteiger charge is -2.35. The van der Waals surface area contributed by atoms with Crippen LogP contribution in [-0.4, -0.2) is 38.6 Å². The highest BCUT2D eigenvalue weighted by Gasteiger charge is 2.33. The number of hydrogen-bond donors (Lipinski definition) is 2. The Morgan fingerprint density at radius 1 is 1.00 bits per heavy atom. The summed E-state index contributed by atoms with van der Waals surface area (Å²) in [5, 5.41) is 2.78. The zero-order chi connectivity index (χ0) is 19.2. The fraction of sp³-hybridized carbons (Fsp3) is 0.526. The van der Waals surface area contributed by atoms with E-state index in [1.54, 1.807) is 0 Å². The third-order valence-corrected chi connectivity index (χ3v) is 4.94. The molecule has 2 rings (SSSR count). The molecule has 1 fully saturated rings. The van der Waals surface area contributed by atoms with E-state index in [1.165, 1.54) is 38.8 Å². The standard InChI is InChI=1S/C19H26N2O5/c1-25-17(23)13-8-14(18(24)26-2)10-15(9-13)21-16(22)11-19(12-20)6-4-3-5-7-19/h8-10H,3-7,11-12,20H2,1-2H3,(H,21,22). The quantitative estimate of drug-likeness (QED) is 0.753. The maximum Gasteiger partial charge on any atom is 0.337 e. The summed E-state index contributed by atoms with van der Waals surface area (Å²) in [7, 11) is 2.50. The molecule has 1 amide bonds. The Morgan fingerprint density at radius 2 is 1.54 bits per heavy atom. The van der Waals surface area contributed by atoms with Crippen LogP contribution >= 0.6 is 0 Å². The molecule has 0 radical (unpaired) electrons. The largest absolute Gasteiger partial charge is 0.465 e. The third kappa shape index (κ3) is 4.82. The van der Waals surface area contributed by atoms with Gasteiger partial charge in [-0.05, 0) is 43.0 Å². The van der Waals surface area contributed by atoms with Crippen molar-refractivity contribution < 1.29 is 23.9 Å². The van der Waals surface area contributed by atoms with Gasteiger partial charge in [-0.3, -0.25) is 4.79 Å². The van der Waals surface area contributed by atoms with Crippen molar-refractivity contribution in [1.82, 2.24) is 0 Å². The van der Waals surface area contributed by atoms with Crippen LogP contribution in [0.15, 0.2) is 18.2 Å². The molecule has 7 nitrogen and oxygen atoms in total. The summed E-state index contributed by atoms with van der Waals surface area (Å²) in [6, 6.07) is 4.33. The van der Waals surface area contributed by atoms with Crippen molar-refractivity contribution in [2.75, 3.05) is 26.1 Å². The molecule has 0 atom stereocenters. The molecule has 0 spiro atoms. The van der Waals surface area contributed by atoms with E-state index in [0.717, 1.165) is 25.7 Å². The van der Waals surface area contributed by atoms with E-state index in [9.17, 15) is 14.4 Å². The van der Waals surface area contributed by atoms with Crippen molar-refractivity contribution in [3.63, 3.8) is 0 Å². The smallest absolute Gasteiger partial charge is 0.337 e. The molecule has 1 aromatic carbocycles. The lowest BCUT2D eigenvalue weighted by molar-refractivity contribution is -0.118. The van der Waals surface area contributed by atoms with Crippen molar-refractivity contribution in [3.8, 4) is 0 Å². The second-order valence-electron chi connectivity index (χ2n) is 6.77. The van der Waals surface area contributed by atoms with Crippen LogP contribution in [0, 0.1) is 5.41 Å². The molecular weight excluding hydrogens is 336 g/mol. The molecule has 3 N–H and O–H groups in total. The van der Waals surface area contributed by atoms with Crippen LogP contribution in [0.2, 0.25) is 0 Å². The van der Waals surface area contributed by atoms with E-state index in [2.05, 4.69) is 5.32 Å². The lowest BCUT2D eigenvalue weighted by Crippen LogP contribution is -2.36. The van der Waals surface area contributed by atoms with Gasteiger partial charge in [0.25, 0.3) is 0 Å². The van der Waals surface area contributed by atoms with Crippen LogP contribution in [0.4, 0.5) is 5.69 Å². The van der Waals surface area contributed by atoms with Gasteiger partial charge in [0.2, 0.25) is 5.91 Å². The number of nitrogens with one attached hydrogen (secondary N) is 1. The first kappa shape index (κ1) is 19.9. The van der Waals surface area contributed by atoms with Gasteiger partial charge in [-0.1, -0.05) is 19.3 Å². The molecule has 1 saturated carbocycles. The number of nitrogens with two attached hydrogens (primary N) is 1. The number of rotatable bonds is 6. The summed E-state index contributed by atoms with van der Waals surface area (Å²) < 4.78 is 9.40. The maximum absolute atomic E-state index is 12.5. The van der Waals surface area contributed by atoms with Crippen LogP contribution in [-0.2, 0) is 14.3 Å². The van der Waals surface area contributed by atoms with E-state index < -0.39 is 11.9 Å². The molecule has 26 heavy (non-hydrogen) atoms. The summed E-state index contributed by atoms with van der Waals surface area (Å²) in [6.45, 7) is 0.468. The molecule has 1 aliphatic rings. The molecule has 0 aromatic heterocycles. The summed E-state index contributed by atoms with van der Waals surface area (Å²) in [6.07, 6.45) is 5.52. The minimum Gasteiger partial charge on any atom is -0.465 e. The Morgan fingerprint density at radius 3 is 2.00 bits per heavy atom. The first-order chi connectivity index (χ1) is 12.4. The highest BCUT2D eigenvalue weighted by molar-refractivity contribution is 5.99. The van der Waals surface area contributed by atoms with E-state index in [-0.39, 0.29) is 22.4 Å². The van der Waals surface area contributed by atoms with Crippen molar-refractivity contribution in [2.24, 2.45) is 11.1 Å². The van der Waals surface area contributed by atoms with E-state index >= 15 is 0 Å². The Kier molecular flexibility index (Phi) is 6.74. The van der Waals surface area contributed by atoms with Gasteiger partial charge in [-0.2, -0.15) is 0 Å². The fourth-order valence-electron chi connectivity index (χ4n) is 3.47. The highest BCUT2D eigenvalue weighted by atomic mass is 16.5. The summed E-state index contributed by atoms with van der Waals surface area (Å²) in [5.74, 6) is -1.39. The molecule has 1 aromatic rings. The van der Waals surface area contributed by atoms with Crippen LogP contribution in [0.25, 0.3) is 0 Å². The summed E-state index contributed by atoms with van der Waals surface area (Å²) in [4.78, 5) is 36.2. The average Bonchev–Trinajstić information content (AvgIpc) is 2.66. The molecule has 142 valence electrons. The predicted molar refractivity (Wildman–Crippen MR) is 96.9 cm³/mol. The molecule has 0 aliphatic heterocycles. The van der Waals surface area contributed by atoms with Gasteiger partial charge in [0.15, 0.2) is 0 Å². The van der Waals surface area contributed by atoms with E-state index in [4.69, 9.17) is 15.2 Å². The number of methoxy groups -OCH3 is 2. The normalized spacial score (nSPS) is 15.8. The van der Waals surface area contributed by atoms with Gasteiger partial charge in [0.1, 0.15) is 0 Å². The summed E-state index contributed by atoms with van der Waals surface area (Å²) in [5.41, 5.74) is 6.44. The number of carbonyl (C=O) groups excluding carboxylic acids is 3.